The number of nitrogens with zero attached hydrogens (tertiary/aromatic N) is 1. The Morgan fingerprint density at radius 2 is 1.81 bits per heavy atom. The number of ether oxygens (including phenoxy) is 1. The van der Waals surface area contributed by atoms with Gasteiger partial charge in [0.25, 0.3) is 15.9 Å². The molecule has 0 saturated heterocycles. The van der Waals surface area contributed by atoms with E-state index in [4.69, 9.17) is 16.3 Å². The van der Waals surface area contributed by atoms with Gasteiger partial charge in [0, 0.05) is 11.6 Å². The van der Waals surface area contributed by atoms with Gasteiger partial charge in [0.1, 0.15) is 5.75 Å². The van der Waals surface area contributed by atoms with E-state index in [0.29, 0.717) is 29.4 Å². The van der Waals surface area contributed by atoms with Crippen LogP contribution >= 0.6 is 11.6 Å². The third kappa shape index (κ3) is 4.74. The highest BCUT2D eigenvalue weighted by Gasteiger charge is 2.37. The van der Waals surface area contributed by atoms with E-state index in [0.717, 1.165) is 11.1 Å². The molecule has 1 atom stereocenters. The van der Waals surface area contributed by atoms with E-state index in [2.05, 4.69) is 5.32 Å². The van der Waals surface area contributed by atoms with Gasteiger partial charge in [-0.05, 0) is 60.9 Å². The van der Waals surface area contributed by atoms with Crippen LogP contribution in [0.2, 0.25) is 5.02 Å². The van der Waals surface area contributed by atoms with Gasteiger partial charge in [0.2, 0.25) is 0 Å². The standard InChI is InChI=1S/C24H23ClN2O4S/c1-17-7-12-22-21(15-17)27(32(29,30)20-5-3-2-4-6-20)16-23(31-22)24(28)26-14-13-18-8-10-19(25)11-9-18/h2-12,15,23H,13-14,16H2,1H3,(H,26,28)/t23-/m1/s1. The second kappa shape index (κ2) is 9.22. The van der Waals surface area contributed by atoms with Crippen LogP contribution in [0.5, 0.6) is 5.75 Å². The summed E-state index contributed by atoms with van der Waals surface area (Å²) in [5.74, 6) is -0.00217. The van der Waals surface area contributed by atoms with Crippen molar-refractivity contribution in [3.05, 3.63) is 88.9 Å². The first kappa shape index (κ1) is 22.2. The number of nitrogens with one attached hydrogen (secondary N) is 1. The monoisotopic (exact) mass is 470 g/mol. The Balaban J connectivity index is 1.54. The summed E-state index contributed by atoms with van der Waals surface area (Å²) in [5, 5.41) is 3.51. The molecule has 32 heavy (non-hydrogen) atoms. The summed E-state index contributed by atoms with van der Waals surface area (Å²) < 4.78 is 33.9. The molecule has 1 aliphatic heterocycles. The molecule has 0 unspecified atom stereocenters. The van der Waals surface area contributed by atoms with Gasteiger partial charge in [-0.25, -0.2) is 8.42 Å². The lowest BCUT2D eigenvalue weighted by atomic mass is 10.1. The number of carbonyl (C=O) groups excluding carboxylic acids is 1. The van der Waals surface area contributed by atoms with Crippen molar-refractivity contribution < 1.29 is 17.9 Å². The summed E-state index contributed by atoms with van der Waals surface area (Å²) in [6, 6.07) is 20.9. The summed E-state index contributed by atoms with van der Waals surface area (Å²) in [6.07, 6.45) is -0.342. The summed E-state index contributed by atoms with van der Waals surface area (Å²) in [6.45, 7) is 2.16. The molecule has 0 saturated carbocycles. The van der Waals surface area contributed by atoms with Crippen molar-refractivity contribution >= 4 is 33.2 Å². The number of benzene rings is 3. The van der Waals surface area contributed by atoms with Crippen molar-refractivity contribution in [2.45, 2.75) is 24.3 Å². The number of fused-ring (bicyclic) bond motifs is 1. The number of carbonyl (C=O) groups is 1. The molecule has 1 N–H and O–H groups in total. The number of amides is 1. The molecule has 0 spiro atoms. The van der Waals surface area contributed by atoms with E-state index in [-0.39, 0.29) is 17.3 Å². The van der Waals surface area contributed by atoms with E-state index in [1.165, 1.54) is 4.31 Å². The van der Waals surface area contributed by atoms with Crippen LogP contribution in [0.25, 0.3) is 0 Å². The zero-order valence-corrected chi connectivity index (χ0v) is 19.1. The second-order valence-corrected chi connectivity index (χ2v) is 9.89. The van der Waals surface area contributed by atoms with Gasteiger partial charge < -0.3 is 10.1 Å². The Bertz CT molecular complexity index is 1210. The van der Waals surface area contributed by atoms with Gasteiger partial charge in [-0.3, -0.25) is 9.10 Å². The maximum Gasteiger partial charge on any atom is 0.264 e. The van der Waals surface area contributed by atoms with E-state index in [1.807, 2.05) is 25.1 Å². The molecular weight excluding hydrogens is 448 g/mol. The number of aryl methyl sites for hydroxylation is 1. The van der Waals surface area contributed by atoms with Crippen molar-refractivity contribution in [1.29, 1.82) is 0 Å². The van der Waals surface area contributed by atoms with Crippen LogP contribution in [-0.2, 0) is 21.2 Å². The van der Waals surface area contributed by atoms with Crippen molar-refractivity contribution in [3.8, 4) is 5.75 Å². The number of hydrogen-bond donors (Lipinski definition) is 1. The lowest BCUT2D eigenvalue weighted by Gasteiger charge is -2.35. The molecule has 0 aliphatic carbocycles. The minimum atomic E-state index is -3.87. The molecule has 4 rings (SSSR count). The maximum absolute atomic E-state index is 13.4. The maximum atomic E-state index is 13.4. The average molecular weight is 471 g/mol. The molecule has 6 nitrogen and oxygen atoms in total. The number of rotatable bonds is 6. The van der Waals surface area contributed by atoms with Gasteiger partial charge >= 0.3 is 0 Å². The fourth-order valence-corrected chi connectivity index (χ4v) is 5.15. The first-order valence-corrected chi connectivity index (χ1v) is 12.0. The van der Waals surface area contributed by atoms with Crippen LogP contribution in [0.3, 0.4) is 0 Å². The molecule has 8 heteroatoms. The summed E-state index contributed by atoms with van der Waals surface area (Å²) in [7, 11) is -3.87. The van der Waals surface area contributed by atoms with Crippen LogP contribution in [0.1, 0.15) is 11.1 Å². The van der Waals surface area contributed by atoms with Crippen LogP contribution in [0, 0.1) is 6.92 Å². The lowest BCUT2D eigenvalue weighted by Crippen LogP contribution is -2.51. The molecule has 1 heterocycles. The second-order valence-electron chi connectivity index (χ2n) is 7.59. The summed E-state index contributed by atoms with van der Waals surface area (Å²) in [4.78, 5) is 13.0. The first-order chi connectivity index (χ1) is 15.3. The fourth-order valence-electron chi connectivity index (χ4n) is 3.54. The Morgan fingerprint density at radius 3 is 2.53 bits per heavy atom. The molecule has 3 aromatic rings. The van der Waals surface area contributed by atoms with Gasteiger partial charge in [-0.1, -0.05) is 48.0 Å². The largest absolute Gasteiger partial charge is 0.476 e. The minimum absolute atomic E-state index is 0.111. The lowest BCUT2D eigenvalue weighted by molar-refractivity contribution is -0.127. The summed E-state index contributed by atoms with van der Waals surface area (Å²) in [5.41, 5.74) is 2.36. The van der Waals surface area contributed by atoms with Crippen LogP contribution < -0.4 is 14.4 Å². The highest BCUT2D eigenvalue weighted by Crippen LogP contribution is 2.37. The molecule has 0 bridgehead atoms. The van der Waals surface area contributed by atoms with Gasteiger partial charge in [0.05, 0.1) is 17.1 Å². The van der Waals surface area contributed by atoms with Crippen LogP contribution in [0.4, 0.5) is 5.69 Å². The molecule has 0 fully saturated rings. The SMILES string of the molecule is Cc1ccc2c(c1)N(S(=O)(=O)c1ccccc1)C[C@H](C(=O)NCCc1ccc(Cl)cc1)O2. The third-order valence-corrected chi connectivity index (χ3v) is 7.28. The van der Waals surface area contributed by atoms with Crippen molar-refractivity contribution in [2.75, 3.05) is 17.4 Å². The van der Waals surface area contributed by atoms with E-state index in [9.17, 15) is 13.2 Å². The number of sulfonamides is 1. The van der Waals surface area contributed by atoms with Gasteiger partial charge in [0.15, 0.2) is 6.10 Å². The first-order valence-electron chi connectivity index (χ1n) is 10.2. The summed E-state index contributed by atoms with van der Waals surface area (Å²) >= 11 is 5.90. The molecule has 1 aliphatic rings. The van der Waals surface area contributed by atoms with Crippen molar-refractivity contribution in [1.82, 2.24) is 5.32 Å². The molecule has 0 aromatic heterocycles. The topological polar surface area (TPSA) is 75.7 Å². The number of hydrogen-bond acceptors (Lipinski definition) is 4. The normalized spacial score (nSPS) is 15.6. The molecule has 166 valence electrons. The average Bonchev–Trinajstić information content (AvgIpc) is 2.80. The Morgan fingerprint density at radius 1 is 1.09 bits per heavy atom. The predicted octanol–water partition coefficient (Wildman–Crippen LogP) is 3.96. The molecule has 3 aromatic carbocycles. The van der Waals surface area contributed by atoms with E-state index < -0.39 is 16.1 Å². The Kier molecular flexibility index (Phi) is 6.39. The zero-order chi connectivity index (χ0) is 22.7. The smallest absolute Gasteiger partial charge is 0.264 e. The van der Waals surface area contributed by atoms with Crippen molar-refractivity contribution in [2.24, 2.45) is 0 Å². The van der Waals surface area contributed by atoms with Crippen LogP contribution in [-0.4, -0.2) is 33.5 Å². The minimum Gasteiger partial charge on any atom is -0.476 e. The predicted molar refractivity (Wildman–Crippen MR) is 125 cm³/mol. The number of halogens is 1. The van der Waals surface area contributed by atoms with Gasteiger partial charge in [-0.15, -0.1) is 0 Å². The van der Waals surface area contributed by atoms with Gasteiger partial charge in [-0.2, -0.15) is 0 Å². The highest BCUT2D eigenvalue weighted by molar-refractivity contribution is 7.92. The Hall–Kier alpha value is -3.03. The van der Waals surface area contributed by atoms with Crippen LogP contribution in [0.15, 0.2) is 77.7 Å². The molecule has 1 amide bonds. The highest BCUT2D eigenvalue weighted by atomic mass is 35.5. The quantitative estimate of drug-likeness (QED) is 0.591. The third-order valence-electron chi connectivity index (χ3n) is 5.23. The zero-order valence-electron chi connectivity index (χ0n) is 17.5. The molecule has 0 radical (unpaired) electrons. The van der Waals surface area contributed by atoms with Crippen molar-refractivity contribution in [3.63, 3.8) is 0 Å². The fraction of sp³-hybridized carbons (Fsp3) is 0.208. The number of anilines is 1. The Labute approximate surface area is 192 Å². The molecular formula is C24H23ClN2O4S. The van der Waals surface area contributed by atoms with E-state index >= 15 is 0 Å². The van der Waals surface area contributed by atoms with E-state index in [1.54, 1.807) is 54.6 Å².